The maximum absolute atomic E-state index is 9.22. The highest BCUT2D eigenvalue weighted by molar-refractivity contribution is 6.33. The number of aliphatic hydroxyl groups is 1. The molecule has 0 unspecified atom stereocenters. The summed E-state index contributed by atoms with van der Waals surface area (Å²) in [6, 6.07) is 4.96. The van der Waals surface area contributed by atoms with Gasteiger partial charge in [-0.05, 0) is 11.6 Å². The van der Waals surface area contributed by atoms with Gasteiger partial charge < -0.3 is 10.2 Å². The lowest BCUT2D eigenvalue weighted by molar-refractivity contribution is 0.315. The predicted octanol–water partition coefficient (Wildman–Crippen LogP) is 1.98. The molecule has 65 valence electrons. The predicted molar refractivity (Wildman–Crippen MR) is 48.2 cm³/mol. The highest BCUT2D eigenvalue weighted by Crippen LogP contribution is 2.30. The van der Waals surface area contributed by atoms with Gasteiger partial charge in [-0.15, -0.1) is 0 Å². The second kappa shape index (κ2) is 3.78. The molecular weight excluding hydrogens is 176 g/mol. The minimum absolute atomic E-state index is 0.0435. The monoisotopic (exact) mass is 185 g/mol. The second-order valence-electron chi connectivity index (χ2n) is 2.58. The molecule has 0 aliphatic heterocycles. The summed E-state index contributed by atoms with van der Waals surface area (Å²) in [5.41, 5.74) is 0.694. The first-order valence-electron chi connectivity index (χ1n) is 3.58. The fraction of sp³-hybridized carbons (Fsp3) is 0.222. The van der Waals surface area contributed by atoms with Crippen LogP contribution in [-0.4, -0.2) is 16.8 Å². The first-order chi connectivity index (χ1) is 5.66. The van der Waals surface area contributed by atoms with E-state index < -0.39 is 0 Å². The molecule has 0 fully saturated rings. The minimum Gasteiger partial charge on any atom is -0.506 e. The van der Waals surface area contributed by atoms with Crippen LogP contribution in [0.2, 0.25) is 5.02 Å². The Balaban J connectivity index is 3.07. The lowest BCUT2D eigenvalue weighted by atomic mass is 10.0. The van der Waals surface area contributed by atoms with Crippen LogP contribution in [0.4, 0.5) is 0 Å². The number of rotatable bonds is 2. The van der Waals surface area contributed by atoms with E-state index in [-0.39, 0.29) is 12.4 Å². The lowest BCUT2D eigenvalue weighted by Crippen LogP contribution is -2.00. The number of aromatic hydroxyl groups is 1. The van der Waals surface area contributed by atoms with Gasteiger partial charge in [0.05, 0.1) is 11.6 Å². The van der Waals surface area contributed by atoms with E-state index in [0.29, 0.717) is 10.6 Å². The topological polar surface area (TPSA) is 40.5 Å². The van der Waals surface area contributed by atoms with Crippen molar-refractivity contribution < 1.29 is 10.2 Å². The van der Waals surface area contributed by atoms with Crippen molar-refractivity contribution >= 4 is 11.6 Å². The molecule has 3 heteroatoms. The fourth-order valence-corrected chi connectivity index (χ4v) is 1.22. The number of benzene rings is 1. The third-order valence-corrected chi connectivity index (χ3v) is 2.07. The maximum Gasteiger partial charge on any atom is 0.134 e. The molecule has 0 heterocycles. The van der Waals surface area contributed by atoms with E-state index in [1.54, 1.807) is 19.1 Å². The van der Waals surface area contributed by atoms with E-state index in [9.17, 15) is 5.11 Å². The summed E-state index contributed by atoms with van der Waals surface area (Å²) in [4.78, 5) is 0. The maximum atomic E-state index is 9.22. The second-order valence-corrected chi connectivity index (χ2v) is 2.96. The average molecular weight is 186 g/mol. The van der Waals surface area contributed by atoms with Crippen LogP contribution >= 0.6 is 11.6 Å². The number of halogens is 1. The molecule has 2 N–H and O–H groups in total. The molecule has 0 atom stereocenters. The third kappa shape index (κ3) is 1.71. The van der Waals surface area contributed by atoms with E-state index in [0.717, 1.165) is 5.92 Å². The van der Waals surface area contributed by atoms with E-state index in [2.05, 4.69) is 0 Å². The highest BCUT2D eigenvalue weighted by atomic mass is 35.5. The summed E-state index contributed by atoms with van der Waals surface area (Å²) in [7, 11) is 0. The Morgan fingerprint density at radius 3 is 2.75 bits per heavy atom. The average Bonchev–Trinajstić information content (AvgIpc) is 2.08. The molecule has 1 aromatic rings. The van der Waals surface area contributed by atoms with Gasteiger partial charge >= 0.3 is 0 Å². The van der Waals surface area contributed by atoms with E-state index in [1.807, 2.05) is 0 Å². The van der Waals surface area contributed by atoms with Crippen molar-refractivity contribution in [3.8, 4) is 5.75 Å². The molecule has 0 amide bonds. The first-order valence-corrected chi connectivity index (χ1v) is 3.95. The molecule has 12 heavy (non-hydrogen) atoms. The number of hydrogen-bond donors (Lipinski definition) is 2. The lowest BCUT2D eigenvalue weighted by Gasteiger charge is -2.09. The largest absolute Gasteiger partial charge is 0.506 e. The molecule has 0 spiro atoms. The Bertz CT molecular complexity index is 273. The molecule has 0 aliphatic rings. The molecule has 1 radical (unpaired) electrons. The van der Waals surface area contributed by atoms with Gasteiger partial charge in [0.1, 0.15) is 5.75 Å². The smallest absolute Gasteiger partial charge is 0.134 e. The van der Waals surface area contributed by atoms with E-state index in [4.69, 9.17) is 16.7 Å². The normalized spacial score (nSPS) is 10.7. The SMILES string of the molecule is C[C](CO)c1cccc(O)c1Cl. The zero-order chi connectivity index (χ0) is 9.14. The minimum atomic E-state index is -0.0524. The van der Waals surface area contributed by atoms with Gasteiger partial charge in [0, 0.05) is 5.92 Å². The summed E-state index contributed by atoms with van der Waals surface area (Å²) in [6.45, 7) is 1.71. The number of phenolic OH excluding ortho intramolecular Hbond substituents is 1. The van der Waals surface area contributed by atoms with Crippen LogP contribution in [0.25, 0.3) is 0 Å². The van der Waals surface area contributed by atoms with Crippen molar-refractivity contribution in [3.05, 3.63) is 34.7 Å². The summed E-state index contributed by atoms with van der Waals surface area (Å²) in [5, 5.41) is 18.3. The van der Waals surface area contributed by atoms with Crippen LogP contribution < -0.4 is 0 Å². The summed E-state index contributed by atoms with van der Waals surface area (Å²) in [5.74, 6) is 0.790. The molecule has 0 aliphatic carbocycles. The zero-order valence-electron chi connectivity index (χ0n) is 6.71. The Labute approximate surface area is 76.4 Å². The Kier molecular flexibility index (Phi) is 2.95. The molecule has 2 nitrogen and oxygen atoms in total. The van der Waals surface area contributed by atoms with E-state index >= 15 is 0 Å². The Hall–Kier alpha value is -0.730. The van der Waals surface area contributed by atoms with Crippen molar-refractivity contribution in [2.45, 2.75) is 6.92 Å². The molecule has 0 bridgehead atoms. The highest BCUT2D eigenvalue weighted by Gasteiger charge is 2.11. The van der Waals surface area contributed by atoms with Crippen molar-refractivity contribution in [3.63, 3.8) is 0 Å². The Morgan fingerprint density at radius 1 is 1.50 bits per heavy atom. The standard InChI is InChI=1S/C9H10ClO2/c1-6(5-11)7-3-2-4-8(12)9(7)10/h2-4,11-12H,5H2,1H3. The van der Waals surface area contributed by atoms with Crippen LogP contribution in [0, 0.1) is 5.92 Å². The van der Waals surface area contributed by atoms with Gasteiger partial charge in [0.25, 0.3) is 0 Å². The van der Waals surface area contributed by atoms with Crippen LogP contribution in [-0.2, 0) is 0 Å². The molecule has 0 aromatic heterocycles. The molecule has 0 saturated heterocycles. The van der Waals surface area contributed by atoms with Gasteiger partial charge in [-0.1, -0.05) is 30.7 Å². The third-order valence-electron chi connectivity index (χ3n) is 1.68. The quantitative estimate of drug-likeness (QED) is 0.740. The van der Waals surface area contributed by atoms with Crippen LogP contribution in [0.1, 0.15) is 12.5 Å². The van der Waals surface area contributed by atoms with Gasteiger partial charge in [-0.2, -0.15) is 0 Å². The van der Waals surface area contributed by atoms with Crippen molar-refractivity contribution in [1.82, 2.24) is 0 Å². The van der Waals surface area contributed by atoms with Crippen molar-refractivity contribution in [1.29, 1.82) is 0 Å². The fourth-order valence-electron chi connectivity index (χ4n) is 0.935. The van der Waals surface area contributed by atoms with Crippen LogP contribution in [0.3, 0.4) is 0 Å². The van der Waals surface area contributed by atoms with Gasteiger partial charge in [-0.3, -0.25) is 0 Å². The number of phenols is 1. The summed E-state index contributed by atoms with van der Waals surface area (Å²) >= 11 is 5.78. The number of hydrogen-bond acceptors (Lipinski definition) is 2. The zero-order valence-corrected chi connectivity index (χ0v) is 7.47. The summed E-state index contributed by atoms with van der Waals surface area (Å²) < 4.78 is 0. The molecular formula is C9H10ClO2. The van der Waals surface area contributed by atoms with Gasteiger partial charge in [-0.25, -0.2) is 0 Å². The van der Waals surface area contributed by atoms with Crippen molar-refractivity contribution in [2.75, 3.05) is 6.61 Å². The van der Waals surface area contributed by atoms with Crippen molar-refractivity contribution in [2.24, 2.45) is 0 Å². The van der Waals surface area contributed by atoms with Gasteiger partial charge in [0.2, 0.25) is 0 Å². The van der Waals surface area contributed by atoms with Gasteiger partial charge in [0.15, 0.2) is 0 Å². The first kappa shape index (κ1) is 9.36. The van der Waals surface area contributed by atoms with E-state index in [1.165, 1.54) is 6.07 Å². The summed E-state index contributed by atoms with van der Waals surface area (Å²) in [6.07, 6.45) is 0. The molecule has 1 rings (SSSR count). The number of aliphatic hydroxyl groups excluding tert-OH is 1. The molecule has 0 saturated carbocycles. The Morgan fingerprint density at radius 2 is 2.17 bits per heavy atom. The van der Waals surface area contributed by atoms with Crippen LogP contribution in [0.5, 0.6) is 5.75 Å². The molecule has 1 aromatic carbocycles. The van der Waals surface area contributed by atoms with Crippen LogP contribution in [0.15, 0.2) is 18.2 Å².